The summed E-state index contributed by atoms with van der Waals surface area (Å²) in [6.07, 6.45) is 3.11. The van der Waals surface area contributed by atoms with Gasteiger partial charge in [-0.05, 0) is 24.3 Å². The number of anilines is 1. The average molecular weight is 192 g/mol. The fourth-order valence-corrected chi connectivity index (χ4v) is 1.59. The first kappa shape index (κ1) is 9.31. The summed E-state index contributed by atoms with van der Waals surface area (Å²) in [6, 6.07) is 3.58. The maximum absolute atomic E-state index is 11.3. The lowest BCUT2D eigenvalue weighted by atomic mass is 10.3. The van der Waals surface area contributed by atoms with Crippen LogP contribution in [0, 0.1) is 11.8 Å². The van der Waals surface area contributed by atoms with Gasteiger partial charge in [0.2, 0.25) is 0 Å². The van der Waals surface area contributed by atoms with Crippen molar-refractivity contribution < 1.29 is 0 Å². The summed E-state index contributed by atoms with van der Waals surface area (Å²) in [5, 5.41) is 3.29. The zero-order valence-electron chi connectivity index (χ0n) is 8.66. The predicted octanol–water partition coefficient (Wildman–Crippen LogP) is 1.45. The standard InChI is InChI=1S/C11H16N2O/c1-8-5-9(8)7-12-10-3-4-13(2)11(14)6-10/h3-4,6,8-9,12H,5,7H2,1-2H3. The molecule has 2 rings (SSSR count). The third kappa shape index (κ3) is 1.97. The fraction of sp³-hybridized carbons (Fsp3) is 0.545. The van der Waals surface area contributed by atoms with Gasteiger partial charge in [0.25, 0.3) is 5.56 Å². The molecule has 3 nitrogen and oxygen atoms in total. The molecule has 1 saturated carbocycles. The molecule has 1 aromatic rings. The van der Waals surface area contributed by atoms with Crippen LogP contribution in [-0.4, -0.2) is 11.1 Å². The van der Waals surface area contributed by atoms with Crippen LogP contribution in [0.3, 0.4) is 0 Å². The van der Waals surface area contributed by atoms with E-state index in [1.54, 1.807) is 23.9 Å². The Kier molecular flexibility index (Phi) is 2.32. The molecule has 0 aliphatic heterocycles. The number of aromatic nitrogens is 1. The number of aryl methyl sites for hydroxylation is 1. The highest BCUT2D eigenvalue weighted by Gasteiger charge is 2.31. The molecule has 0 aromatic carbocycles. The molecule has 0 saturated heterocycles. The molecular weight excluding hydrogens is 176 g/mol. The van der Waals surface area contributed by atoms with E-state index in [0.29, 0.717) is 0 Å². The number of pyridine rings is 1. The average Bonchev–Trinajstić information content (AvgIpc) is 2.85. The fourth-order valence-electron chi connectivity index (χ4n) is 1.59. The van der Waals surface area contributed by atoms with Crippen molar-refractivity contribution in [3.05, 3.63) is 28.7 Å². The Bertz CT molecular complexity index is 383. The van der Waals surface area contributed by atoms with Crippen LogP contribution in [0.5, 0.6) is 0 Å². The second kappa shape index (κ2) is 3.48. The van der Waals surface area contributed by atoms with Gasteiger partial charge in [-0.3, -0.25) is 4.79 Å². The van der Waals surface area contributed by atoms with Gasteiger partial charge in [0, 0.05) is 31.5 Å². The topological polar surface area (TPSA) is 34.0 Å². The summed E-state index contributed by atoms with van der Waals surface area (Å²) in [7, 11) is 1.76. The third-order valence-corrected chi connectivity index (χ3v) is 2.95. The maximum Gasteiger partial charge on any atom is 0.252 e. The van der Waals surface area contributed by atoms with Gasteiger partial charge < -0.3 is 9.88 Å². The Labute approximate surface area is 83.8 Å². The van der Waals surface area contributed by atoms with Crippen molar-refractivity contribution in [1.29, 1.82) is 0 Å². The first-order valence-corrected chi connectivity index (χ1v) is 5.07. The Morgan fingerprint density at radius 2 is 2.36 bits per heavy atom. The van der Waals surface area contributed by atoms with Crippen LogP contribution in [0.2, 0.25) is 0 Å². The van der Waals surface area contributed by atoms with Crippen LogP contribution in [0.4, 0.5) is 5.69 Å². The molecule has 1 fully saturated rings. The molecule has 0 amide bonds. The lowest BCUT2D eigenvalue weighted by Gasteiger charge is -2.05. The van der Waals surface area contributed by atoms with E-state index in [0.717, 1.165) is 24.1 Å². The molecule has 1 N–H and O–H groups in total. The molecule has 1 aliphatic rings. The monoisotopic (exact) mass is 192 g/mol. The molecule has 2 unspecified atom stereocenters. The summed E-state index contributed by atoms with van der Waals surface area (Å²) in [5.74, 6) is 1.66. The van der Waals surface area contributed by atoms with E-state index >= 15 is 0 Å². The molecule has 0 radical (unpaired) electrons. The number of hydrogen-bond donors (Lipinski definition) is 1. The molecule has 2 atom stereocenters. The minimum absolute atomic E-state index is 0.0406. The van der Waals surface area contributed by atoms with Gasteiger partial charge in [0.05, 0.1) is 0 Å². The van der Waals surface area contributed by atoms with Crippen molar-refractivity contribution in [3.63, 3.8) is 0 Å². The lowest BCUT2D eigenvalue weighted by Crippen LogP contribution is -2.16. The Morgan fingerprint density at radius 1 is 1.64 bits per heavy atom. The van der Waals surface area contributed by atoms with Gasteiger partial charge in [-0.2, -0.15) is 0 Å². The van der Waals surface area contributed by atoms with E-state index < -0.39 is 0 Å². The van der Waals surface area contributed by atoms with Crippen molar-refractivity contribution in [1.82, 2.24) is 4.57 Å². The van der Waals surface area contributed by atoms with Gasteiger partial charge in [-0.15, -0.1) is 0 Å². The van der Waals surface area contributed by atoms with Crippen LogP contribution < -0.4 is 10.9 Å². The van der Waals surface area contributed by atoms with Gasteiger partial charge >= 0.3 is 0 Å². The molecule has 76 valence electrons. The highest BCUT2D eigenvalue weighted by Crippen LogP contribution is 2.37. The van der Waals surface area contributed by atoms with Gasteiger partial charge in [0.15, 0.2) is 0 Å². The van der Waals surface area contributed by atoms with Crippen LogP contribution in [0.1, 0.15) is 13.3 Å². The summed E-state index contributed by atoms with van der Waals surface area (Å²) in [4.78, 5) is 11.3. The largest absolute Gasteiger partial charge is 0.385 e. The molecule has 1 aliphatic carbocycles. The quantitative estimate of drug-likeness (QED) is 0.786. The zero-order chi connectivity index (χ0) is 10.1. The Hall–Kier alpha value is -1.25. The summed E-state index contributed by atoms with van der Waals surface area (Å²) < 4.78 is 1.57. The summed E-state index contributed by atoms with van der Waals surface area (Å²) >= 11 is 0. The number of hydrogen-bond acceptors (Lipinski definition) is 2. The van der Waals surface area contributed by atoms with Crippen LogP contribution in [0.15, 0.2) is 23.1 Å². The normalized spacial score (nSPS) is 24.7. The van der Waals surface area contributed by atoms with Gasteiger partial charge in [-0.25, -0.2) is 0 Å². The van der Waals surface area contributed by atoms with Gasteiger partial charge in [0.1, 0.15) is 0 Å². The molecule has 14 heavy (non-hydrogen) atoms. The Morgan fingerprint density at radius 3 is 2.93 bits per heavy atom. The van der Waals surface area contributed by atoms with Crippen molar-refractivity contribution in [2.24, 2.45) is 18.9 Å². The van der Waals surface area contributed by atoms with Crippen molar-refractivity contribution >= 4 is 5.69 Å². The van der Waals surface area contributed by atoms with Crippen molar-refractivity contribution in [2.75, 3.05) is 11.9 Å². The van der Waals surface area contributed by atoms with E-state index in [2.05, 4.69) is 12.2 Å². The minimum atomic E-state index is 0.0406. The second-order valence-electron chi connectivity index (χ2n) is 4.22. The maximum atomic E-state index is 11.3. The number of nitrogens with zero attached hydrogens (tertiary/aromatic N) is 1. The van der Waals surface area contributed by atoms with E-state index in [1.165, 1.54) is 6.42 Å². The van der Waals surface area contributed by atoms with Crippen molar-refractivity contribution in [2.45, 2.75) is 13.3 Å². The zero-order valence-corrected chi connectivity index (χ0v) is 8.66. The summed E-state index contributed by atoms with van der Waals surface area (Å²) in [5.41, 5.74) is 0.978. The van der Waals surface area contributed by atoms with Crippen LogP contribution >= 0.6 is 0 Å². The van der Waals surface area contributed by atoms with Crippen LogP contribution in [-0.2, 0) is 7.05 Å². The molecule has 0 bridgehead atoms. The van der Waals surface area contributed by atoms with Crippen LogP contribution in [0.25, 0.3) is 0 Å². The Balaban J connectivity index is 1.96. The van der Waals surface area contributed by atoms with E-state index in [1.807, 2.05) is 6.07 Å². The summed E-state index contributed by atoms with van der Waals surface area (Å²) in [6.45, 7) is 3.25. The number of nitrogens with one attached hydrogen (secondary N) is 1. The van der Waals surface area contributed by atoms with E-state index in [9.17, 15) is 4.79 Å². The third-order valence-electron chi connectivity index (χ3n) is 2.95. The van der Waals surface area contributed by atoms with Gasteiger partial charge in [-0.1, -0.05) is 6.92 Å². The molecule has 0 spiro atoms. The predicted molar refractivity (Wildman–Crippen MR) is 57.4 cm³/mol. The lowest BCUT2D eigenvalue weighted by molar-refractivity contribution is 0.785. The molecule has 3 heteroatoms. The van der Waals surface area contributed by atoms with E-state index in [-0.39, 0.29) is 5.56 Å². The SMILES string of the molecule is CC1CC1CNc1ccn(C)c(=O)c1. The molecular formula is C11H16N2O. The highest BCUT2D eigenvalue weighted by molar-refractivity contribution is 5.41. The van der Waals surface area contributed by atoms with Crippen molar-refractivity contribution in [3.8, 4) is 0 Å². The number of rotatable bonds is 3. The smallest absolute Gasteiger partial charge is 0.252 e. The first-order valence-electron chi connectivity index (χ1n) is 5.07. The first-order chi connectivity index (χ1) is 6.66. The van der Waals surface area contributed by atoms with E-state index in [4.69, 9.17) is 0 Å². The molecule has 1 aromatic heterocycles. The second-order valence-corrected chi connectivity index (χ2v) is 4.22. The highest BCUT2D eigenvalue weighted by atomic mass is 16.1. The molecule has 1 heterocycles. The minimum Gasteiger partial charge on any atom is -0.385 e.